The van der Waals surface area contributed by atoms with E-state index in [1.807, 2.05) is 11.8 Å². The fourth-order valence-corrected chi connectivity index (χ4v) is 5.22. The SMILES string of the molecule is CCNCC1CCN(C(=O)CCN2c3ccccc3Sc3ccccc32)CC1.Cl. The van der Waals surface area contributed by atoms with E-state index in [1.54, 1.807) is 0 Å². The molecule has 0 unspecified atom stereocenters. The summed E-state index contributed by atoms with van der Waals surface area (Å²) in [5.41, 5.74) is 2.42. The number of amides is 1. The molecule has 2 aromatic carbocycles. The van der Waals surface area contributed by atoms with Crippen LogP contribution in [0.3, 0.4) is 0 Å². The van der Waals surface area contributed by atoms with Gasteiger partial charge in [-0.2, -0.15) is 0 Å². The van der Waals surface area contributed by atoms with Crippen LogP contribution >= 0.6 is 24.2 Å². The van der Waals surface area contributed by atoms with Gasteiger partial charge in [0.05, 0.1) is 11.4 Å². The highest BCUT2D eigenvalue weighted by Crippen LogP contribution is 2.47. The molecule has 0 spiro atoms. The van der Waals surface area contributed by atoms with Crippen molar-refractivity contribution in [1.29, 1.82) is 0 Å². The van der Waals surface area contributed by atoms with Crippen LogP contribution in [0.2, 0.25) is 0 Å². The standard InChI is InChI=1S/C23H29N3OS.ClH/c1-2-24-17-18-11-14-25(15-12-18)23(27)13-16-26-19-7-3-5-9-21(19)28-22-10-6-4-8-20(22)26;/h3-10,18,24H,2,11-17H2,1H3;1H. The average molecular weight is 432 g/mol. The molecule has 0 aromatic heterocycles. The van der Waals surface area contributed by atoms with Gasteiger partial charge in [-0.25, -0.2) is 0 Å². The van der Waals surface area contributed by atoms with Crippen LogP contribution in [0.5, 0.6) is 0 Å². The number of hydrogen-bond acceptors (Lipinski definition) is 4. The number of halogens is 1. The first-order chi connectivity index (χ1) is 13.8. The number of rotatable bonds is 6. The first kappa shape index (κ1) is 22.0. The number of para-hydroxylation sites is 2. The molecule has 2 aliphatic heterocycles. The summed E-state index contributed by atoms with van der Waals surface area (Å²) in [6.45, 7) is 6.78. The number of anilines is 2. The Morgan fingerprint density at radius 3 is 2.21 bits per heavy atom. The predicted octanol–water partition coefficient (Wildman–Crippen LogP) is 4.95. The molecule has 0 saturated carbocycles. The first-order valence-electron chi connectivity index (χ1n) is 10.4. The Hall–Kier alpha value is -1.69. The van der Waals surface area contributed by atoms with Gasteiger partial charge in [0.1, 0.15) is 0 Å². The number of carbonyl (C=O) groups is 1. The Kier molecular flexibility index (Phi) is 7.87. The summed E-state index contributed by atoms with van der Waals surface area (Å²) in [6, 6.07) is 17.0. The molecule has 0 atom stereocenters. The molecule has 1 saturated heterocycles. The number of hydrogen-bond donors (Lipinski definition) is 1. The highest BCUT2D eigenvalue weighted by molar-refractivity contribution is 7.99. The lowest BCUT2D eigenvalue weighted by Crippen LogP contribution is -2.41. The van der Waals surface area contributed by atoms with Crippen LogP contribution in [0.15, 0.2) is 58.3 Å². The van der Waals surface area contributed by atoms with Crippen molar-refractivity contribution in [3.05, 3.63) is 48.5 Å². The van der Waals surface area contributed by atoms with Gasteiger partial charge in [-0.1, -0.05) is 43.0 Å². The number of benzene rings is 2. The average Bonchev–Trinajstić information content (AvgIpc) is 2.75. The first-order valence-corrected chi connectivity index (χ1v) is 11.2. The number of piperidine rings is 1. The summed E-state index contributed by atoms with van der Waals surface area (Å²) >= 11 is 1.81. The summed E-state index contributed by atoms with van der Waals surface area (Å²) < 4.78 is 0. The van der Waals surface area contributed by atoms with Crippen LogP contribution in [-0.4, -0.2) is 43.5 Å². The van der Waals surface area contributed by atoms with E-state index in [9.17, 15) is 4.79 Å². The van der Waals surface area contributed by atoms with E-state index in [1.165, 1.54) is 21.2 Å². The fourth-order valence-electron chi connectivity index (χ4n) is 4.12. The largest absolute Gasteiger partial charge is 0.343 e. The summed E-state index contributed by atoms with van der Waals surface area (Å²) in [7, 11) is 0. The van der Waals surface area contributed by atoms with Gasteiger partial charge in [-0.3, -0.25) is 4.79 Å². The van der Waals surface area contributed by atoms with Crippen molar-refractivity contribution in [2.75, 3.05) is 37.6 Å². The molecule has 1 fully saturated rings. The third kappa shape index (κ3) is 5.08. The molecule has 0 aliphatic carbocycles. The molecule has 29 heavy (non-hydrogen) atoms. The summed E-state index contributed by atoms with van der Waals surface area (Å²) in [4.78, 5) is 19.8. The Morgan fingerprint density at radius 2 is 1.62 bits per heavy atom. The minimum atomic E-state index is 0. The van der Waals surface area contributed by atoms with Crippen molar-refractivity contribution in [3.8, 4) is 0 Å². The Balaban J connectivity index is 0.00000240. The van der Waals surface area contributed by atoms with Crippen LogP contribution in [0, 0.1) is 5.92 Å². The molecule has 1 N–H and O–H groups in total. The number of likely N-dealkylation sites (tertiary alicyclic amines) is 1. The van der Waals surface area contributed by atoms with Crippen LogP contribution in [0.25, 0.3) is 0 Å². The molecule has 0 bridgehead atoms. The lowest BCUT2D eigenvalue weighted by atomic mass is 9.96. The van der Waals surface area contributed by atoms with Gasteiger partial charge in [0.15, 0.2) is 0 Å². The zero-order valence-electron chi connectivity index (χ0n) is 17.0. The summed E-state index contributed by atoms with van der Waals surface area (Å²) in [5, 5.41) is 3.44. The molecular weight excluding hydrogens is 402 g/mol. The van der Waals surface area contributed by atoms with E-state index in [0.717, 1.165) is 45.6 Å². The fraction of sp³-hybridized carbons (Fsp3) is 0.435. The smallest absolute Gasteiger partial charge is 0.224 e. The van der Waals surface area contributed by atoms with Crippen LogP contribution in [0.4, 0.5) is 11.4 Å². The zero-order valence-corrected chi connectivity index (χ0v) is 18.6. The quantitative estimate of drug-likeness (QED) is 0.701. The van der Waals surface area contributed by atoms with Crippen molar-refractivity contribution in [1.82, 2.24) is 10.2 Å². The van der Waals surface area contributed by atoms with Gasteiger partial charge in [0, 0.05) is 35.8 Å². The highest BCUT2D eigenvalue weighted by Gasteiger charge is 2.26. The Morgan fingerprint density at radius 1 is 1.03 bits per heavy atom. The summed E-state index contributed by atoms with van der Waals surface area (Å²) in [6.07, 6.45) is 2.79. The lowest BCUT2D eigenvalue weighted by molar-refractivity contribution is -0.132. The minimum absolute atomic E-state index is 0. The zero-order chi connectivity index (χ0) is 19.3. The maximum Gasteiger partial charge on any atom is 0.224 e. The van der Waals surface area contributed by atoms with E-state index < -0.39 is 0 Å². The van der Waals surface area contributed by atoms with Gasteiger partial charge in [0.25, 0.3) is 0 Å². The van der Waals surface area contributed by atoms with Crippen LogP contribution < -0.4 is 10.2 Å². The highest BCUT2D eigenvalue weighted by atomic mass is 35.5. The van der Waals surface area contributed by atoms with E-state index in [2.05, 4.69) is 70.6 Å². The van der Waals surface area contributed by atoms with Gasteiger partial charge >= 0.3 is 0 Å². The van der Waals surface area contributed by atoms with Crippen molar-refractivity contribution >= 4 is 41.5 Å². The molecule has 156 valence electrons. The van der Waals surface area contributed by atoms with E-state index in [-0.39, 0.29) is 18.3 Å². The molecule has 2 aliphatic rings. The third-order valence-corrected chi connectivity index (χ3v) is 6.86. The predicted molar refractivity (Wildman–Crippen MR) is 124 cm³/mol. The topological polar surface area (TPSA) is 35.6 Å². The van der Waals surface area contributed by atoms with E-state index in [0.29, 0.717) is 12.3 Å². The molecular formula is C23H30ClN3OS. The van der Waals surface area contributed by atoms with Gasteiger partial charge in [-0.15, -0.1) is 12.4 Å². The molecule has 6 heteroatoms. The maximum absolute atomic E-state index is 12.9. The molecule has 2 heterocycles. The number of nitrogens with zero attached hydrogens (tertiary/aromatic N) is 2. The van der Waals surface area contributed by atoms with Gasteiger partial charge in [-0.05, 0) is 56.1 Å². The van der Waals surface area contributed by atoms with E-state index >= 15 is 0 Å². The summed E-state index contributed by atoms with van der Waals surface area (Å²) in [5.74, 6) is 0.997. The van der Waals surface area contributed by atoms with E-state index in [4.69, 9.17) is 0 Å². The monoisotopic (exact) mass is 431 g/mol. The van der Waals surface area contributed by atoms with Crippen molar-refractivity contribution in [2.45, 2.75) is 36.0 Å². The van der Waals surface area contributed by atoms with Gasteiger partial charge in [0.2, 0.25) is 5.91 Å². The molecule has 4 nitrogen and oxygen atoms in total. The Bertz CT molecular complexity index is 778. The molecule has 2 aromatic rings. The van der Waals surface area contributed by atoms with Crippen LogP contribution in [-0.2, 0) is 4.79 Å². The number of fused-ring (bicyclic) bond motifs is 2. The molecule has 4 rings (SSSR count). The van der Waals surface area contributed by atoms with Crippen molar-refractivity contribution in [2.24, 2.45) is 5.92 Å². The third-order valence-electron chi connectivity index (χ3n) is 5.73. The minimum Gasteiger partial charge on any atom is -0.343 e. The van der Waals surface area contributed by atoms with Crippen molar-refractivity contribution < 1.29 is 4.79 Å². The Labute approximate surface area is 184 Å². The van der Waals surface area contributed by atoms with Gasteiger partial charge < -0.3 is 15.1 Å². The molecule has 1 amide bonds. The second kappa shape index (κ2) is 10.4. The van der Waals surface area contributed by atoms with Crippen molar-refractivity contribution in [3.63, 3.8) is 0 Å². The second-order valence-corrected chi connectivity index (χ2v) is 8.65. The second-order valence-electron chi connectivity index (χ2n) is 7.57. The molecule has 0 radical (unpaired) electrons. The number of nitrogens with one attached hydrogen (secondary N) is 1. The number of carbonyl (C=O) groups excluding carboxylic acids is 1. The van der Waals surface area contributed by atoms with Crippen LogP contribution in [0.1, 0.15) is 26.2 Å². The maximum atomic E-state index is 12.9. The normalized spacial score (nSPS) is 16.0. The lowest BCUT2D eigenvalue weighted by Gasteiger charge is -2.35.